The zero-order valence-electron chi connectivity index (χ0n) is 21.7. The van der Waals surface area contributed by atoms with Gasteiger partial charge in [-0.3, -0.25) is 0 Å². The monoisotopic (exact) mass is 589 g/mol. The minimum absolute atomic E-state index is 0.179. The third-order valence-electron chi connectivity index (χ3n) is 7.07. The second kappa shape index (κ2) is 9.46. The van der Waals surface area contributed by atoms with E-state index in [0.717, 1.165) is 43.9 Å². The molecule has 0 unspecified atom stereocenters. The molecule has 2 aliphatic heterocycles. The molecule has 0 bridgehead atoms. The number of amidine groups is 2. The smallest absolute Gasteiger partial charge is 0.179 e. The average molecular weight is 590 g/mol. The van der Waals surface area contributed by atoms with Gasteiger partial charge in [-0.25, -0.2) is 15.0 Å². The second-order valence-corrected chi connectivity index (χ2v) is 10.7. The Morgan fingerprint density at radius 1 is 0.900 bits per heavy atom. The van der Waals surface area contributed by atoms with Crippen molar-refractivity contribution in [1.82, 2.24) is 14.8 Å². The number of phenolic OH excluding ortho intramolecular Hbond substituents is 1. The Bertz CT molecular complexity index is 1840. The quantitative estimate of drug-likeness (QED) is 0.233. The molecule has 0 radical (unpaired) electrons. The van der Waals surface area contributed by atoms with Crippen molar-refractivity contribution in [1.29, 1.82) is 0 Å². The van der Waals surface area contributed by atoms with E-state index in [1.54, 1.807) is 16.9 Å². The Morgan fingerprint density at radius 2 is 1.75 bits per heavy atom. The molecule has 0 fully saturated rings. The number of nitrogens with zero attached hydrogens (tertiary/aromatic N) is 6. The third-order valence-corrected chi connectivity index (χ3v) is 7.56. The summed E-state index contributed by atoms with van der Waals surface area (Å²) in [6.07, 6.45) is 1.74. The van der Waals surface area contributed by atoms with Crippen LogP contribution in [0, 0.1) is 13.8 Å². The van der Waals surface area contributed by atoms with Crippen LogP contribution in [0.3, 0.4) is 0 Å². The Balaban J connectivity index is 1.52. The van der Waals surface area contributed by atoms with Crippen molar-refractivity contribution in [3.8, 4) is 11.6 Å². The number of rotatable bonds is 3. The summed E-state index contributed by atoms with van der Waals surface area (Å²) in [7, 11) is 0. The summed E-state index contributed by atoms with van der Waals surface area (Å²) in [5, 5.41) is 19.6. The summed E-state index contributed by atoms with van der Waals surface area (Å²) >= 11 is 3.62. The highest BCUT2D eigenvalue weighted by atomic mass is 79.9. The lowest BCUT2D eigenvalue weighted by Crippen LogP contribution is -2.46. The zero-order valence-corrected chi connectivity index (χ0v) is 23.3. The van der Waals surface area contributed by atoms with Crippen molar-refractivity contribution in [2.24, 2.45) is 9.98 Å². The molecular formula is C31H24BrN7O. The van der Waals surface area contributed by atoms with Gasteiger partial charge in [-0.05, 0) is 74.0 Å². The number of benzene rings is 3. The van der Waals surface area contributed by atoms with Crippen LogP contribution in [0.2, 0.25) is 0 Å². The fourth-order valence-corrected chi connectivity index (χ4v) is 5.71. The molecule has 0 saturated heterocycles. The van der Waals surface area contributed by atoms with Crippen LogP contribution in [-0.2, 0) is 0 Å². The lowest BCUT2D eigenvalue weighted by atomic mass is 9.92. The number of fused-ring (bicyclic) bond motifs is 4. The first-order valence-corrected chi connectivity index (χ1v) is 13.7. The van der Waals surface area contributed by atoms with Crippen molar-refractivity contribution in [3.05, 3.63) is 118 Å². The maximum absolute atomic E-state index is 11.2. The number of aliphatic imine (C=N–C) groups is 2. The minimum atomic E-state index is -0.441. The number of phenols is 1. The number of anilines is 2. The molecule has 40 heavy (non-hydrogen) atoms. The molecule has 5 aromatic rings. The molecule has 0 aliphatic carbocycles. The van der Waals surface area contributed by atoms with Gasteiger partial charge in [0.2, 0.25) is 0 Å². The highest BCUT2D eigenvalue weighted by molar-refractivity contribution is 9.10. The minimum Gasteiger partial charge on any atom is -0.508 e. The van der Waals surface area contributed by atoms with E-state index in [9.17, 15) is 5.11 Å². The first kappa shape index (κ1) is 24.3. The van der Waals surface area contributed by atoms with Gasteiger partial charge in [0.1, 0.15) is 5.75 Å². The van der Waals surface area contributed by atoms with Crippen LogP contribution in [0.4, 0.5) is 22.9 Å². The number of pyridine rings is 1. The van der Waals surface area contributed by atoms with Crippen LogP contribution < -0.4 is 10.2 Å². The van der Waals surface area contributed by atoms with Gasteiger partial charge < -0.3 is 15.3 Å². The largest absolute Gasteiger partial charge is 0.508 e. The van der Waals surface area contributed by atoms with Crippen LogP contribution in [0.5, 0.6) is 5.75 Å². The number of halogens is 1. The molecular weight excluding hydrogens is 566 g/mol. The fraction of sp³-hybridized carbons (Fsp3) is 0.0968. The van der Waals surface area contributed by atoms with Crippen LogP contribution >= 0.6 is 15.9 Å². The molecule has 3 aromatic carbocycles. The van der Waals surface area contributed by atoms with Crippen molar-refractivity contribution >= 4 is 50.5 Å². The lowest BCUT2D eigenvalue weighted by molar-refractivity contribution is 0.465. The van der Waals surface area contributed by atoms with E-state index in [0.29, 0.717) is 23.3 Å². The van der Waals surface area contributed by atoms with E-state index in [4.69, 9.17) is 15.1 Å². The van der Waals surface area contributed by atoms with Crippen LogP contribution in [0.15, 0.2) is 106 Å². The van der Waals surface area contributed by atoms with Crippen molar-refractivity contribution in [2.75, 3.05) is 10.2 Å². The molecule has 8 nitrogen and oxygen atoms in total. The molecule has 0 amide bonds. The number of hydrogen-bond donors (Lipinski definition) is 2. The van der Waals surface area contributed by atoms with E-state index < -0.39 is 6.04 Å². The topological polar surface area (TPSA) is 90.9 Å². The predicted molar refractivity (Wildman–Crippen MR) is 162 cm³/mol. The van der Waals surface area contributed by atoms with Gasteiger partial charge in [-0.2, -0.15) is 9.78 Å². The summed E-state index contributed by atoms with van der Waals surface area (Å²) in [5.74, 6) is 2.70. The summed E-state index contributed by atoms with van der Waals surface area (Å²) < 4.78 is 2.62. The molecule has 9 heteroatoms. The Labute approximate surface area is 239 Å². The molecule has 1 atom stereocenters. The molecule has 7 rings (SSSR count). The Hall–Kier alpha value is -4.76. The highest BCUT2D eigenvalue weighted by Crippen LogP contribution is 2.50. The van der Waals surface area contributed by atoms with E-state index in [1.807, 2.05) is 73.7 Å². The fourth-order valence-electron chi connectivity index (χ4n) is 5.33. The molecule has 2 N–H and O–H groups in total. The van der Waals surface area contributed by atoms with E-state index >= 15 is 0 Å². The van der Waals surface area contributed by atoms with Gasteiger partial charge in [0.15, 0.2) is 23.3 Å². The molecule has 4 heterocycles. The van der Waals surface area contributed by atoms with E-state index in [-0.39, 0.29) is 5.75 Å². The summed E-state index contributed by atoms with van der Waals surface area (Å²) in [5.41, 5.74) is 6.12. The summed E-state index contributed by atoms with van der Waals surface area (Å²) in [6, 6.07) is 26.9. The maximum atomic E-state index is 11.2. The number of aromatic nitrogens is 3. The van der Waals surface area contributed by atoms with Crippen LogP contribution in [0.1, 0.15) is 28.4 Å². The lowest BCUT2D eigenvalue weighted by Gasteiger charge is -2.40. The molecule has 0 spiro atoms. The zero-order chi connectivity index (χ0) is 27.4. The number of hydrogen-bond acceptors (Lipinski definition) is 7. The van der Waals surface area contributed by atoms with Crippen molar-refractivity contribution in [3.63, 3.8) is 0 Å². The third kappa shape index (κ3) is 3.97. The van der Waals surface area contributed by atoms with Gasteiger partial charge in [0.05, 0.1) is 23.1 Å². The van der Waals surface area contributed by atoms with Gasteiger partial charge in [-0.1, -0.05) is 46.3 Å². The van der Waals surface area contributed by atoms with Gasteiger partial charge in [0, 0.05) is 27.5 Å². The van der Waals surface area contributed by atoms with Crippen LogP contribution in [0.25, 0.3) is 5.82 Å². The van der Waals surface area contributed by atoms with Gasteiger partial charge in [-0.15, -0.1) is 0 Å². The maximum Gasteiger partial charge on any atom is 0.179 e. The standard InChI is InChI=1S/C31H24BrN7O/c1-18-8-7-9-21(16-18)34-29-31-36-30-27(19(2)37-39(30)26-12-5-6-15-33-26)28(22-17-20(32)13-14-25(22)40)38(31)24-11-4-3-10-23(24)35-29/h3-17,28,40H,1-2H3,(H,34,35)/t28-/m0/s1. The summed E-state index contributed by atoms with van der Waals surface area (Å²) in [6.45, 7) is 4.02. The predicted octanol–water partition coefficient (Wildman–Crippen LogP) is 7.15. The first-order chi connectivity index (χ1) is 19.5. The van der Waals surface area contributed by atoms with E-state index in [2.05, 4.69) is 50.2 Å². The normalized spacial score (nSPS) is 15.5. The SMILES string of the molecule is Cc1cccc(NC2=Nc3ccccc3N3C2=Nc2c(c(C)nn2-c2ccccn2)[C@@H]3c2cc(Br)ccc2O)c1. The van der Waals surface area contributed by atoms with Gasteiger partial charge in [0.25, 0.3) is 0 Å². The number of para-hydroxylation sites is 2. The molecule has 2 aliphatic rings. The van der Waals surface area contributed by atoms with E-state index in [1.165, 1.54) is 0 Å². The average Bonchev–Trinajstić information content (AvgIpc) is 3.30. The van der Waals surface area contributed by atoms with Crippen molar-refractivity contribution in [2.45, 2.75) is 19.9 Å². The van der Waals surface area contributed by atoms with Crippen molar-refractivity contribution < 1.29 is 5.11 Å². The number of aryl methyl sites for hydroxylation is 2. The Kier molecular flexibility index (Phi) is 5.74. The molecule has 196 valence electrons. The summed E-state index contributed by atoms with van der Waals surface area (Å²) in [4.78, 5) is 16.9. The number of nitrogens with one attached hydrogen (secondary N) is 1. The molecule has 2 aromatic heterocycles. The first-order valence-electron chi connectivity index (χ1n) is 12.9. The van der Waals surface area contributed by atoms with Crippen LogP contribution in [-0.4, -0.2) is 31.5 Å². The number of aromatic hydroxyl groups is 1. The Morgan fingerprint density at radius 3 is 2.58 bits per heavy atom. The highest BCUT2D eigenvalue weighted by Gasteiger charge is 2.42. The second-order valence-electron chi connectivity index (χ2n) is 9.78. The molecule has 0 saturated carbocycles. The van der Waals surface area contributed by atoms with Gasteiger partial charge >= 0.3 is 0 Å².